The van der Waals surface area contributed by atoms with E-state index < -0.39 is 35.8 Å². The van der Waals surface area contributed by atoms with E-state index >= 15 is 0 Å². The SMILES string of the molecule is Cc1ccc([N+](=O)[O-])cc1S(=O)(=O)Nc1ccc(NC(=O)C2CCN(c3ccc(S(=O)(=O)N4CCOCC4)cc3[N+](=O)[O-])CC2)cc1. The Morgan fingerprint density at radius 2 is 1.49 bits per heavy atom. The maximum Gasteiger partial charge on any atom is 0.293 e. The molecule has 0 spiro atoms. The van der Waals surface area contributed by atoms with Crippen LogP contribution in [0.1, 0.15) is 18.4 Å². The summed E-state index contributed by atoms with van der Waals surface area (Å²) in [5, 5.41) is 25.9. The quantitative estimate of drug-likeness (QED) is 0.232. The van der Waals surface area contributed by atoms with Crippen LogP contribution in [-0.4, -0.2) is 76.3 Å². The van der Waals surface area contributed by atoms with Crippen LogP contribution in [-0.2, 0) is 29.6 Å². The summed E-state index contributed by atoms with van der Waals surface area (Å²) >= 11 is 0. The minimum Gasteiger partial charge on any atom is -0.379 e. The number of ether oxygens (including phenoxy) is 1. The number of anilines is 3. The molecule has 2 aliphatic rings. The number of nitrogens with one attached hydrogen (secondary N) is 2. The fraction of sp³-hybridized carbons (Fsp3) is 0.345. The van der Waals surface area contributed by atoms with Gasteiger partial charge in [0.25, 0.3) is 21.4 Å². The van der Waals surface area contributed by atoms with E-state index in [1.54, 1.807) is 4.90 Å². The smallest absolute Gasteiger partial charge is 0.293 e. The average Bonchev–Trinajstić information content (AvgIpc) is 3.05. The normalized spacial score (nSPS) is 16.4. The number of non-ortho nitro benzene ring substituents is 1. The van der Waals surface area contributed by atoms with Gasteiger partial charge in [0.05, 0.1) is 32.9 Å². The molecule has 2 fully saturated rings. The minimum atomic E-state index is -4.13. The first kappa shape index (κ1) is 33.7. The van der Waals surface area contributed by atoms with Crippen LogP contribution in [0, 0.1) is 33.1 Å². The number of hydrogen-bond donors (Lipinski definition) is 2. The van der Waals surface area contributed by atoms with Crippen molar-refractivity contribution < 1.29 is 36.2 Å². The van der Waals surface area contributed by atoms with Crippen LogP contribution in [0.3, 0.4) is 0 Å². The van der Waals surface area contributed by atoms with Crippen molar-refractivity contribution in [2.24, 2.45) is 5.92 Å². The number of hydrogen-bond acceptors (Lipinski definition) is 11. The Bertz CT molecular complexity index is 1910. The fourth-order valence-electron chi connectivity index (χ4n) is 5.46. The number of piperidine rings is 1. The highest BCUT2D eigenvalue weighted by Gasteiger charge is 2.32. The molecule has 47 heavy (non-hydrogen) atoms. The number of amides is 1. The summed E-state index contributed by atoms with van der Waals surface area (Å²) in [4.78, 5) is 36.2. The van der Waals surface area contributed by atoms with Crippen LogP contribution in [0.5, 0.6) is 0 Å². The number of carbonyl (C=O) groups is 1. The van der Waals surface area contributed by atoms with Crippen molar-refractivity contribution in [1.82, 2.24) is 4.31 Å². The Morgan fingerprint density at radius 3 is 2.11 bits per heavy atom. The monoisotopic (exact) mass is 688 g/mol. The van der Waals surface area contributed by atoms with Gasteiger partial charge in [0, 0.05) is 61.7 Å². The van der Waals surface area contributed by atoms with E-state index in [0.717, 1.165) is 12.1 Å². The molecule has 0 bridgehead atoms. The van der Waals surface area contributed by atoms with Crippen molar-refractivity contribution in [3.05, 3.63) is 86.5 Å². The number of carbonyl (C=O) groups excluding carboxylic acids is 1. The number of nitrogens with zero attached hydrogens (tertiary/aromatic N) is 4. The molecule has 1 amide bonds. The lowest BCUT2D eigenvalue weighted by molar-refractivity contribution is -0.385. The molecular formula is C29H32N6O10S2. The van der Waals surface area contributed by atoms with Crippen LogP contribution in [0.2, 0.25) is 0 Å². The molecule has 2 heterocycles. The fourth-order valence-corrected chi connectivity index (χ4v) is 8.22. The van der Waals surface area contributed by atoms with E-state index in [0.29, 0.717) is 37.2 Å². The van der Waals surface area contributed by atoms with Gasteiger partial charge in [-0.25, -0.2) is 16.8 Å². The molecule has 0 saturated carbocycles. The standard InChI is InChI=1S/C29H32N6O10S2/c1-20-2-7-24(34(37)38)18-28(20)46(41,42)31-23-5-3-22(4-6-23)30-29(36)21-10-12-32(13-11-21)26-9-8-25(19-27(26)35(39)40)47(43,44)33-14-16-45-17-15-33/h2-9,18-19,21,31H,10-17H2,1H3,(H,30,36). The number of morpholine rings is 1. The molecule has 2 saturated heterocycles. The molecule has 2 aliphatic heterocycles. The summed E-state index contributed by atoms with van der Waals surface area (Å²) in [5.41, 5.74) is 0.520. The highest BCUT2D eigenvalue weighted by molar-refractivity contribution is 7.92. The van der Waals surface area contributed by atoms with Crippen molar-refractivity contribution in [2.75, 3.05) is 54.3 Å². The molecule has 18 heteroatoms. The van der Waals surface area contributed by atoms with Gasteiger partial charge in [-0.2, -0.15) is 4.31 Å². The van der Waals surface area contributed by atoms with E-state index in [1.165, 1.54) is 59.8 Å². The van der Waals surface area contributed by atoms with Crippen molar-refractivity contribution in [3.8, 4) is 0 Å². The summed E-state index contributed by atoms with van der Waals surface area (Å²) in [5.74, 6) is -0.673. The third-order valence-electron chi connectivity index (χ3n) is 8.03. The van der Waals surface area contributed by atoms with Gasteiger partial charge in [-0.1, -0.05) is 6.07 Å². The zero-order chi connectivity index (χ0) is 33.9. The van der Waals surface area contributed by atoms with Gasteiger partial charge in [-0.15, -0.1) is 0 Å². The zero-order valence-electron chi connectivity index (χ0n) is 25.2. The number of aryl methyl sites for hydroxylation is 1. The van der Waals surface area contributed by atoms with Crippen molar-refractivity contribution in [2.45, 2.75) is 29.6 Å². The summed E-state index contributed by atoms with van der Waals surface area (Å²) in [6, 6.07) is 13.4. The topological polar surface area (TPSA) is 211 Å². The lowest BCUT2D eigenvalue weighted by atomic mass is 9.95. The number of nitro benzene ring substituents is 2. The van der Waals surface area contributed by atoms with Gasteiger partial charge in [0.15, 0.2) is 0 Å². The van der Waals surface area contributed by atoms with Crippen molar-refractivity contribution in [3.63, 3.8) is 0 Å². The number of sulfonamides is 2. The molecule has 5 rings (SSSR count). The van der Waals surface area contributed by atoms with Gasteiger partial charge in [-0.3, -0.25) is 29.7 Å². The Kier molecular flexibility index (Phi) is 9.76. The van der Waals surface area contributed by atoms with Gasteiger partial charge in [0.2, 0.25) is 15.9 Å². The highest BCUT2D eigenvalue weighted by Crippen LogP contribution is 2.35. The molecule has 250 valence electrons. The lowest BCUT2D eigenvalue weighted by Crippen LogP contribution is -2.40. The number of rotatable bonds is 10. The van der Waals surface area contributed by atoms with Crippen LogP contribution in [0.25, 0.3) is 0 Å². The molecule has 16 nitrogen and oxygen atoms in total. The van der Waals surface area contributed by atoms with Gasteiger partial charge in [-0.05, 0) is 61.7 Å². The Hall–Kier alpha value is -4.65. The molecule has 0 unspecified atom stereocenters. The maximum absolute atomic E-state index is 13.0. The van der Waals surface area contributed by atoms with Gasteiger partial charge in [0.1, 0.15) is 5.69 Å². The van der Waals surface area contributed by atoms with Gasteiger partial charge < -0.3 is 15.0 Å². The van der Waals surface area contributed by atoms with E-state index in [4.69, 9.17) is 4.74 Å². The second kappa shape index (κ2) is 13.6. The van der Waals surface area contributed by atoms with E-state index in [2.05, 4.69) is 10.0 Å². The summed E-state index contributed by atoms with van der Waals surface area (Å²) in [7, 11) is -8.05. The summed E-state index contributed by atoms with van der Waals surface area (Å²) < 4.78 is 60.7. The lowest BCUT2D eigenvalue weighted by Gasteiger charge is -2.33. The Balaban J connectivity index is 1.20. The minimum absolute atomic E-state index is 0.165. The van der Waals surface area contributed by atoms with Gasteiger partial charge >= 0.3 is 0 Å². The van der Waals surface area contributed by atoms with Crippen LogP contribution < -0.4 is 14.9 Å². The first-order valence-electron chi connectivity index (χ1n) is 14.6. The second-order valence-electron chi connectivity index (χ2n) is 11.1. The molecule has 0 atom stereocenters. The number of benzene rings is 3. The second-order valence-corrected chi connectivity index (χ2v) is 14.7. The van der Waals surface area contributed by atoms with E-state index in [9.17, 15) is 41.9 Å². The average molecular weight is 689 g/mol. The predicted molar refractivity (Wildman–Crippen MR) is 171 cm³/mol. The molecule has 0 aromatic heterocycles. The highest BCUT2D eigenvalue weighted by atomic mass is 32.2. The first-order valence-corrected chi connectivity index (χ1v) is 17.5. The molecular weight excluding hydrogens is 656 g/mol. The predicted octanol–water partition coefficient (Wildman–Crippen LogP) is 3.49. The summed E-state index contributed by atoms with van der Waals surface area (Å²) in [6.45, 7) is 3.01. The maximum atomic E-state index is 13.0. The molecule has 2 N–H and O–H groups in total. The zero-order valence-corrected chi connectivity index (χ0v) is 26.8. The van der Waals surface area contributed by atoms with Crippen LogP contribution in [0.4, 0.5) is 28.4 Å². The first-order chi connectivity index (χ1) is 22.3. The van der Waals surface area contributed by atoms with Crippen molar-refractivity contribution >= 4 is 54.4 Å². The third kappa shape index (κ3) is 7.51. The Labute approximate surface area is 270 Å². The molecule has 3 aromatic carbocycles. The van der Waals surface area contributed by atoms with Crippen molar-refractivity contribution in [1.29, 1.82) is 0 Å². The molecule has 0 aliphatic carbocycles. The molecule has 0 radical (unpaired) electrons. The largest absolute Gasteiger partial charge is 0.379 e. The summed E-state index contributed by atoms with van der Waals surface area (Å²) in [6.07, 6.45) is 0.772. The van der Waals surface area contributed by atoms with E-state index in [-0.39, 0.29) is 64.8 Å². The Morgan fingerprint density at radius 1 is 0.851 bits per heavy atom. The molecule has 3 aromatic rings. The third-order valence-corrected chi connectivity index (χ3v) is 11.5. The van der Waals surface area contributed by atoms with Crippen LogP contribution in [0.15, 0.2) is 70.5 Å². The number of nitro groups is 2. The van der Waals surface area contributed by atoms with Crippen LogP contribution >= 0.6 is 0 Å². The van der Waals surface area contributed by atoms with E-state index in [1.807, 2.05) is 0 Å².